The van der Waals surface area contributed by atoms with Crippen molar-refractivity contribution in [3.05, 3.63) is 189 Å². The number of esters is 1. The number of aliphatic hydroxyl groups excluding tert-OH is 2. The number of likely N-dealkylation sites (N-methyl/N-ethyl adjacent to an activating group) is 3. The largest absolute Gasteiger partial charge is 0.449 e. The third-order valence-corrected chi connectivity index (χ3v) is 21.1. The highest BCUT2D eigenvalue weighted by Gasteiger charge is 2.45. The third kappa shape index (κ3) is 21.3. The van der Waals surface area contributed by atoms with Gasteiger partial charge in [0.05, 0.1) is 19.8 Å². The van der Waals surface area contributed by atoms with Crippen molar-refractivity contribution in [2.45, 2.75) is 64.3 Å². The third-order valence-electron chi connectivity index (χ3n) is 21.1. The van der Waals surface area contributed by atoms with Crippen LogP contribution in [-0.2, 0) is 52.5 Å². The van der Waals surface area contributed by atoms with Crippen molar-refractivity contribution in [2.75, 3.05) is 168 Å². The van der Waals surface area contributed by atoms with Gasteiger partial charge in [-0.2, -0.15) is 0 Å². The smallest absolute Gasteiger partial charge is 0.439 e. The molecular weight excluding hydrogens is 1560 g/mol. The van der Waals surface area contributed by atoms with Crippen LogP contribution in [0, 0.1) is 5.41 Å². The first-order chi connectivity index (χ1) is 57.8. The predicted molar refractivity (Wildman–Crippen MR) is 436 cm³/mol. The maximum atomic E-state index is 13.5. The number of morpholine rings is 3. The number of hydrogen-bond acceptors (Lipinski definition) is 26. The van der Waals surface area contributed by atoms with Crippen molar-refractivity contribution in [3.8, 4) is 22.8 Å². The van der Waals surface area contributed by atoms with Gasteiger partial charge in [0.2, 0.25) is 6.10 Å². The molecule has 6 atom stereocenters. The first-order valence-electron chi connectivity index (χ1n) is 39.2. The molecule has 0 radical (unpaired) electrons. The SMILES string of the molecule is CCN1CCN(C(=O)c2ccc(N3CCO[C@H]([C@@H](O)C(=O)Nc4ccc(-c5noc(=O)[nH]5)cc4)C3=O)cc2)CC1.CCN1CCN(C(=O)c2ccc(N3CCO[C@H]([C@@H](O)C(=O)Nc4ccc(C(=N)N)cc4)C3=O)cc2)CC1.CCN1CCN(C(=O)c2ccc(N3CCO[C@H]([C@@H](OC(C)=O)C(=O)Nc4ccc(-c5noc(=O)[nH]5)cc4)C3=O)cc2)CC1. The van der Waals surface area contributed by atoms with Gasteiger partial charge in [-0.3, -0.25) is 72.4 Å². The lowest BCUT2D eigenvalue weighted by molar-refractivity contribution is -0.167. The Kier molecular flexibility index (Phi) is 28.8. The van der Waals surface area contributed by atoms with Gasteiger partial charge in [-0.05, 0) is 165 Å². The number of carbonyl (C=O) groups is 10. The van der Waals surface area contributed by atoms with Gasteiger partial charge in [0.1, 0.15) is 5.84 Å². The van der Waals surface area contributed by atoms with Gasteiger partial charge in [0.15, 0.2) is 42.2 Å². The number of nitrogens with one attached hydrogen (secondary N) is 6. The summed E-state index contributed by atoms with van der Waals surface area (Å²) in [7, 11) is 0. The normalized spacial score (nSPS) is 18.9. The molecule has 0 unspecified atom stereocenters. The minimum Gasteiger partial charge on any atom is -0.449 e. The lowest BCUT2D eigenvalue weighted by atomic mass is 10.1. The molecule has 0 bridgehead atoms. The van der Waals surface area contributed by atoms with E-state index in [4.69, 9.17) is 30.1 Å². The number of ether oxygens (including phenoxy) is 4. The highest BCUT2D eigenvalue weighted by Crippen LogP contribution is 2.29. The molecule has 14 rings (SSSR count). The molecule has 10 N–H and O–H groups in total. The van der Waals surface area contributed by atoms with Gasteiger partial charge in [0, 0.05) is 173 Å². The summed E-state index contributed by atoms with van der Waals surface area (Å²) in [5, 5.41) is 43.6. The summed E-state index contributed by atoms with van der Waals surface area (Å²) in [5.74, 6) is -6.01. The summed E-state index contributed by atoms with van der Waals surface area (Å²) < 4.78 is 30.8. The Morgan fingerprint density at radius 1 is 0.433 bits per heavy atom. The second kappa shape index (κ2) is 40.0. The van der Waals surface area contributed by atoms with Crippen LogP contribution in [0.25, 0.3) is 22.8 Å². The zero-order valence-corrected chi connectivity index (χ0v) is 66.4. The molecule has 38 heteroatoms. The molecule has 6 aliphatic rings. The Morgan fingerprint density at radius 2 is 0.725 bits per heavy atom. The minimum absolute atomic E-state index is 0.0445. The lowest BCUT2D eigenvalue weighted by Crippen LogP contribution is -2.56. The summed E-state index contributed by atoms with van der Waals surface area (Å²) in [6.07, 6.45) is -9.23. The predicted octanol–water partition coefficient (Wildman–Crippen LogP) is 2.13. The van der Waals surface area contributed by atoms with Gasteiger partial charge in [-0.15, -0.1) is 0 Å². The summed E-state index contributed by atoms with van der Waals surface area (Å²) >= 11 is 0. The fourth-order valence-electron chi connectivity index (χ4n) is 14.2. The number of aliphatic hydroxyl groups is 2. The Bertz CT molecular complexity index is 5080. The molecule has 38 nitrogen and oxygen atoms in total. The number of hydrogen-bond donors (Lipinski definition) is 9. The van der Waals surface area contributed by atoms with Crippen LogP contribution in [0.15, 0.2) is 164 Å². The van der Waals surface area contributed by atoms with E-state index in [-0.39, 0.29) is 74.7 Å². The van der Waals surface area contributed by atoms with E-state index in [2.05, 4.69) is 80.7 Å². The van der Waals surface area contributed by atoms with Crippen molar-refractivity contribution >= 4 is 99.1 Å². The molecule has 120 heavy (non-hydrogen) atoms. The van der Waals surface area contributed by atoms with E-state index in [1.807, 2.05) is 14.7 Å². The van der Waals surface area contributed by atoms with Crippen molar-refractivity contribution in [1.29, 1.82) is 5.41 Å². The average molecular weight is 1650 g/mol. The van der Waals surface area contributed by atoms with E-state index in [1.54, 1.807) is 146 Å². The standard InChI is InChI=1S/C29H32N6O8.C27H30N6O7.C26H32N6O5/c1-3-33-12-14-34(15-13-33)27(38)20-6-10-22(11-7-20)35-16-17-41-24(28(35)39)23(42-18(2)36)26(37)30-21-8-4-19(5-9-21)25-31-29(40)43-32-25;1-2-31-11-13-32(14-12-31)25(36)18-5-9-20(10-6-18)33-15-16-39-22(26(33)37)21(34)24(35)28-19-7-3-17(4-8-19)23-29-27(38)40-30-23;1-2-30-11-13-31(14-12-30)25(35)18-5-9-20(10-6-18)32-15-16-37-22(26(32)36)21(33)24(34)29-19-7-3-17(4-8-19)23(27)28/h4-11,23-24H,3,12-17H2,1-2H3,(H,30,37)(H,31,32,40);3-10,21-22,34H,2,11-16H2,1H3,(H,28,35)(H,29,30,38);3-10,21-22,33H,2,11-16H2,1H3,(H3,27,28)(H,29,34)/t23-,24-;2*21-,22-/m111/s1. The highest BCUT2D eigenvalue weighted by molar-refractivity contribution is 6.08. The number of H-pyrrole nitrogens is 2. The number of carbonyl (C=O) groups excluding carboxylic acids is 10. The van der Waals surface area contributed by atoms with Crippen LogP contribution in [0.4, 0.5) is 34.1 Å². The first kappa shape index (κ1) is 86.4. The van der Waals surface area contributed by atoms with Crippen molar-refractivity contribution in [2.24, 2.45) is 5.73 Å². The van der Waals surface area contributed by atoms with E-state index in [0.717, 1.165) is 65.8 Å². The number of nitrogen functional groups attached to an aromatic ring is 1. The Morgan fingerprint density at radius 3 is 1.02 bits per heavy atom. The van der Waals surface area contributed by atoms with Gasteiger partial charge in [-0.1, -0.05) is 31.1 Å². The van der Waals surface area contributed by atoms with Crippen LogP contribution in [0.1, 0.15) is 64.3 Å². The summed E-state index contributed by atoms with van der Waals surface area (Å²) in [6.45, 7) is 20.4. The summed E-state index contributed by atoms with van der Waals surface area (Å²) in [4.78, 5) is 173. The Hall–Kier alpha value is -13.0. The second-order valence-corrected chi connectivity index (χ2v) is 28.6. The molecule has 632 valence electrons. The zero-order valence-electron chi connectivity index (χ0n) is 66.4. The molecule has 2 aromatic heterocycles. The first-order valence-corrected chi connectivity index (χ1v) is 39.2. The number of amides is 9. The molecule has 0 spiro atoms. The lowest BCUT2D eigenvalue weighted by Gasteiger charge is -2.35. The van der Waals surface area contributed by atoms with E-state index in [9.17, 15) is 67.7 Å². The minimum atomic E-state index is -1.76. The number of nitrogens with zero attached hydrogens (tertiary/aromatic N) is 11. The number of aromatic amines is 2. The van der Waals surface area contributed by atoms with Crippen molar-refractivity contribution < 1.29 is 86.2 Å². The zero-order chi connectivity index (χ0) is 85.3. The molecule has 0 saturated carbocycles. The van der Waals surface area contributed by atoms with E-state index < -0.39 is 89.5 Å². The monoisotopic (exact) mass is 1650 g/mol. The number of aromatic nitrogens is 4. The van der Waals surface area contributed by atoms with Gasteiger partial charge < -0.3 is 94.9 Å². The number of piperazine rings is 3. The van der Waals surface area contributed by atoms with E-state index in [0.29, 0.717) is 107 Å². The van der Waals surface area contributed by atoms with Crippen LogP contribution in [-0.4, -0.2) is 299 Å². The molecular formula is C82H94N18O20. The van der Waals surface area contributed by atoms with Gasteiger partial charge in [-0.25, -0.2) is 9.59 Å². The molecule has 9 amide bonds. The molecule has 6 fully saturated rings. The molecule has 8 aromatic rings. The van der Waals surface area contributed by atoms with E-state index >= 15 is 0 Å². The molecule has 0 aliphatic carbocycles. The molecule has 8 heterocycles. The fourth-order valence-corrected chi connectivity index (χ4v) is 14.2. The van der Waals surface area contributed by atoms with Gasteiger partial charge >= 0.3 is 17.5 Å². The number of amidine groups is 1. The van der Waals surface area contributed by atoms with Crippen LogP contribution in [0.2, 0.25) is 0 Å². The number of rotatable bonds is 22. The van der Waals surface area contributed by atoms with Crippen LogP contribution in [0.5, 0.6) is 0 Å². The van der Waals surface area contributed by atoms with Crippen LogP contribution >= 0.6 is 0 Å². The number of nitrogens with two attached hydrogens (primary N) is 1. The Labute approximate surface area is 687 Å². The van der Waals surface area contributed by atoms with Crippen LogP contribution in [0.3, 0.4) is 0 Å². The van der Waals surface area contributed by atoms with Crippen molar-refractivity contribution in [1.82, 2.24) is 49.7 Å². The summed E-state index contributed by atoms with van der Waals surface area (Å²) in [5.41, 5.74) is 11.3. The highest BCUT2D eigenvalue weighted by atomic mass is 16.6. The van der Waals surface area contributed by atoms with Gasteiger partial charge in [0.25, 0.3) is 53.2 Å². The van der Waals surface area contributed by atoms with Crippen LogP contribution < -0.4 is 47.9 Å². The second-order valence-electron chi connectivity index (χ2n) is 28.6. The molecule has 6 aromatic carbocycles. The topological polar surface area (TPSA) is 481 Å². The number of anilines is 6. The maximum absolute atomic E-state index is 13.5. The summed E-state index contributed by atoms with van der Waals surface area (Å²) in [6, 6.07) is 39.0. The molecule has 6 saturated heterocycles. The van der Waals surface area contributed by atoms with E-state index in [1.165, 1.54) is 14.7 Å². The average Bonchev–Trinajstić information content (AvgIpc) is 0.976. The quantitative estimate of drug-likeness (QED) is 0.0266. The molecule has 6 aliphatic heterocycles. The van der Waals surface area contributed by atoms with Crippen molar-refractivity contribution in [3.63, 3.8) is 0 Å². The fraction of sp³-hybridized carbons (Fsp3) is 0.378. The maximum Gasteiger partial charge on any atom is 0.439 e. The Balaban J connectivity index is 0.000000165. The number of benzene rings is 6.